The number of nitrogens with one attached hydrogen (secondary N) is 1. The van der Waals surface area contributed by atoms with E-state index in [1.807, 2.05) is 0 Å². The van der Waals surface area contributed by atoms with Crippen LogP contribution in [0.3, 0.4) is 0 Å². The van der Waals surface area contributed by atoms with E-state index in [1.54, 1.807) is 50.4 Å². The fourth-order valence-electron chi connectivity index (χ4n) is 1.78. The Morgan fingerprint density at radius 1 is 1.24 bits per heavy atom. The van der Waals surface area contributed by atoms with Crippen LogP contribution < -0.4 is 10.1 Å². The van der Waals surface area contributed by atoms with Crippen molar-refractivity contribution >= 4 is 11.7 Å². The lowest BCUT2D eigenvalue weighted by Gasteiger charge is -2.15. The summed E-state index contributed by atoms with van der Waals surface area (Å²) in [4.78, 5) is 25.4. The van der Waals surface area contributed by atoms with Crippen LogP contribution in [-0.4, -0.2) is 64.1 Å². The third-order valence-corrected chi connectivity index (χ3v) is 2.85. The lowest BCUT2D eigenvalue weighted by molar-refractivity contribution is -0.122. The van der Waals surface area contributed by atoms with E-state index in [2.05, 4.69) is 5.32 Å². The van der Waals surface area contributed by atoms with Gasteiger partial charge in [-0.05, 0) is 19.2 Å². The van der Waals surface area contributed by atoms with Gasteiger partial charge in [-0.25, -0.2) is 0 Å². The summed E-state index contributed by atoms with van der Waals surface area (Å²) in [6.45, 7) is 1.27. The molecular weight excluding hydrogens is 272 g/mol. The molecule has 1 aromatic rings. The minimum atomic E-state index is -0.131. The van der Waals surface area contributed by atoms with Crippen molar-refractivity contribution < 1.29 is 19.1 Å². The molecule has 0 unspecified atom stereocenters. The molecule has 0 atom stereocenters. The molecule has 116 valence electrons. The molecule has 6 nitrogen and oxygen atoms in total. The van der Waals surface area contributed by atoms with E-state index in [1.165, 1.54) is 0 Å². The number of hydrogen-bond acceptors (Lipinski definition) is 5. The van der Waals surface area contributed by atoms with Gasteiger partial charge in [0.2, 0.25) is 5.91 Å². The van der Waals surface area contributed by atoms with E-state index in [-0.39, 0.29) is 24.8 Å². The highest BCUT2D eigenvalue weighted by Crippen LogP contribution is 2.13. The number of ketones is 1. The van der Waals surface area contributed by atoms with Crippen molar-refractivity contribution in [3.8, 4) is 5.75 Å². The molecule has 0 aromatic heterocycles. The second-order valence-electron chi connectivity index (χ2n) is 4.67. The molecule has 0 saturated carbocycles. The zero-order valence-electron chi connectivity index (χ0n) is 12.7. The number of amides is 1. The topological polar surface area (TPSA) is 67.9 Å². The fourth-order valence-corrected chi connectivity index (χ4v) is 1.78. The van der Waals surface area contributed by atoms with E-state index < -0.39 is 0 Å². The standard InChI is InChI=1S/C15H22N2O4/c1-17(11-15(19)16-7-8-20-2)10-14(18)12-5-4-6-13(9-12)21-3/h4-6,9H,7-8,10-11H2,1-3H3,(H,16,19). The number of carbonyl (C=O) groups is 2. The average Bonchev–Trinajstić information content (AvgIpc) is 2.47. The van der Waals surface area contributed by atoms with Crippen LogP contribution in [0, 0.1) is 0 Å². The van der Waals surface area contributed by atoms with E-state index in [9.17, 15) is 9.59 Å². The van der Waals surface area contributed by atoms with Gasteiger partial charge in [0, 0.05) is 19.2 Å². The Morgan fingerprint density at radius 2 is 2.00 bits per heavy atom. The van der Waals surface area contributed by atoms with Crippen LogP contribution in [0.25, 0.3) is 0 Å². The molecule has 6 heteroatoms. The fraction of sp³-hybridized carbons (Fsp3) is 0.467. The molecule has 1 rings (SSSR count). The summed E-state index contributed by atoms with van der Waals surface area (Å²) in [6, 6.07) is 6.97. The number of methoxy groups -OCH3 is 2. The van der Waals surface area contributed by atoms with Crippen molar-refractivity contribution in [1.29, 1.82) is 0 Å². The Balaban J connectivity index is 2.44. The Hall–Kier alpha value is -1.92. The van der Waals surface area contributed by atoms with Gasteiger partial charge in [0.15, 0.2) is 5.78 Å². The predicted octanol–water partition coefficient (Wildman–Crippen LogP) is 0.572. The van der Waals surface area contributed by atoms with Crippen molar-refractivity contribution in [3.05, 3.63) is 29.8 Å². The number of carbonyl (C=O) groups excluding carboxylic acids is 2. The molecule has 0 aliphatic heterocycles. The Kier molecular flexibility index (Phi) is 7.42. The number of hydrogen-bond donors (Lipinski definition) is 1. The largest absolute Gasteiger partial charge is 0.497 e. The molecule has 0 fully saturated rings. The van der Waals surface area contributed by atoms with Crippen molar-refractivity contribution in [2.24, 2.45) is 0 Å². The maximum atomic E-state index is 12.1. The van der Waals surface area contributed by atoms with Crippen LogP contribution in [0.4, 0.5) is 0 Å². The predicted molar refractivity (Wildman–Crippen MR) is 79.7 cm³/mol. The SMILES string of the molecule is COCCNC(=O)CN(C)CC(=O)c1cccc(OC)c1. The van der Waals surface area contributed by atoms with Crippen LogP contribution >= 0.6 is 0 Å². The molecule has 0 saturated heterocycles. The van der Waals surface area contributed by atoms with Crippen molar-refractivity contribution in [1.82, 2.24) is 10.2 Å². The van der Waals surface area contributed by atoms with Gasteiger partial charge >= 0.3 is 0 Å². The van der Waals surface area contributed by atoms with Gasteiger partial charge in [-0.3, -0.25) is 14.5 Å². The first-order valence-electron chi connectivity index (χ1n) is 6.68. The maximum absolute atomic E-state index is 12.1. The second-order valence-corrected chi connectivity index (χ2v) is 4.67. The van der Waals surface area contributed by atoms with E-state index in [0.717, 1.165) is 0 Å². The third-order valence-electron chi connectivity index (χ3n) is 2.85. The number of nitrogens with zero attached hydrogens (tertiary/aromatic N) is 1. The molecule has 0 aliphatic carbocycles. The third kappa shape index (κ3) is 6.37. The smallest absolute Gasteiger partial charge is 0.234 e. The van der Waals surface area contributed by atoms with Crippen LogP contribution in [0.2, 0.25) is 0 Å². The lowest BCUT2D eigenvalue weighted by Crippen LogP contribution is -2.38. The number of Topliss-reactive ketones (excluding diaryl/α,β-unsaturated/α-hetero) is 1. The van der Waals surface area contributed by atoms with E-state index >= 15 is 0 Å². The highest BCUT2D eigenvalue weighted by Gasteiger charge is 2.12. The van der Waals surface area contributed by atoms with Crippen LogP contribution in [-0.2, 0) is 9.53 Å². The van der Waals surface area contributed by atoms with Crippen molar-refractivity contribution in [3.63, 3.8) is 0 Å². The molecule has 1 aromatic carbocycles. The molecule has 1 N–H and O–H groups in total. The Morgan fingerprint density at radius 3 is 2.67 bits per heavy atom. The normalized spacial score (nSPS) is 10.5. The van der Waals surface area contributed by atoms with Gasteiger partial charge < -0.3 is 14.8 Å². The van der Waals surface area contributed by atoms with Gasteiger partial charge in [-0.1, -0.05) is 12.1 Å². The van der Waals surface area contributed by atoms with Gasteiger partial charge in [-0.2, -0.15) is 0 Å². The van der Waals surface area contributed by atoms with E-state index in [0.29, 0.717) is 24.5 Å². The number of likely N-dealkylation sites (N-methyl/N-ethyl adjacent to an activating group) is 1. The highest BCUT2D eigenvalue weighted by molar-refractivity contribution is 5.98. The zero-order chi connectivity index (χ0) is 15.7. The van der Waals surface area contributed by atoms with Gasteiger partial charge in [0.25, 0.3) is 0 Å². The molecule has 0 bridgehead atoms. The summed E-state index contributed by atoms with van der Waals surface area (Å²) in [5, 5.41) is 2.71. The molecule has 0 aliphatic rings. The van der Waals surface area contributed by atoms with Gasteiger partial charge in [-0.15, -0.1) is 0 Å². The lowest BCUT2D eigenvalue weighted by atomic mass is 10.1. The summed E-state index contributed by atoms with van der Waals surface area (Å²) in [6.07, 6.45) is 0. The first kappa shape index (κ1) is 17.1. The second kappa shape index (κ2) is 9.10. The summed E-state index contributed by atoms with van der Waals surface area (Å²) >= 11 is 0. The minimum Gasteiger partial charge on any atom is -0.497 e. The molecule has 1 amide bonds. The maximum Gasteiger partial charge on any atom is 0.234 e. The van der Waals surface area contributed by atoms with Crippen molar-refractivity contribution in [2.45, 2.75) is 0 Å². The molecule has 21 heavy (non-hydrogen) atoms. The van der Waals surface area contributed by atoms with E-state index in [4.69, 9.17) is 9.47 Å². The van der Waals surface area contributed by atoms with Gasteiger partial charge in [0.1, 0.15) is 5.75 Å². The molecule has 0 spiro atoms. The summed E-state index contributed by atoms with van der Waals surface area (Å²) in [5.74, 6) is 0.454. The summed E-state index contributed by atoms with van der Waals surface area (Å²) < 4.78 is 9.93. The first-order valence-corrected chi connectivity index (χ1v) is 6.68. The molecule has 0 heterocycles. The van der Waals surface area contributed by atoms with Gasteiger partial charge in [0.05, 0.1) is 26.8 Å². The molecule has 0 radical (unpaired) electrons. The quantitative estimate of drug-likeness (QED) is 0.533. The highest BCUT2D eigenvalue weighted by atomic mass is 16.5. The summed E-state index contributed by atoms with van der Waals surface area (Å²) in [5.41, 5.74) is 0.570. The summed E-state index contributed by atoms with van der Waals surface area (Å²) in [7, 11) is 4.86. The molecular formula is C15H22N2O4. The zero-order valence-corrected chi connectivity index (χ0v) is 12.7. The van der Waals surface area contributed by atoms with Crippen molar-refractivity contribution in [2.75, 3.05) is 47.5 Å². The van der Waals surface area contributed by atoms with Crippen LogP contribution in [0.1, 0.15) is 10.4 Å². The number of rotatable bonds is 9. The Labute approximate surface area is 125 Å². The number of benzene rings is 1. The van der Waals surface area contributed by atoms with Crippen LogP contribution in [0.5, 0.6) is 5.75 Å². The minimum absolute atomic E-state index is 0.0545. The first-order chi connectivity index (χ1) is 10.1. The number of ether oxygens (including phenoxy) is 2. The average molecular weight is 294 g/mol. The monoisotopic (exact) mass is 294 g/mol. The Bertz CT molecular complexity index is 476. The van der Waals surface area contributed by atoms with Crippen LogP contribution in [0.15, 0.2) is 24.3 Å².